The topological polar surface area (TPSA) is 95.4 Å². The van der Waals surface area contributed by atoms with Crippen LogP contribution in [0.5, 0.6) is 5.75 Å². The first-order valence-corrected chi connectivity index (χ1v) is 5.17. The van der Waals surface area contributed by atoms with Crippen LogP contribution in [0.15, 0.2) is 23.3 Å². The van der Waals surface area contributed by atoms with Crippen LogP contribution in [0.25, 0.3) is 10.8 Å². The summed E-state index contributed by atoms with van der Waals surface area (Å²) in [6.07, 6.45) is 0.819. The van der Waals surface area contributed by atoms with Crippen LogP contribution in [0.1, 0.15) is 11.8 Å². The van der Waals surface area contributed by atoms with Crippen molar-refractivity contribution in [3.05, 3.63) is 34.5 Å². The van der Waals surface area contributed by atoms with E-state index in [1.165, 1.54) is 6.20 Å². The van der Waals surface area contributed by atoms with Gasteiger partial charge in [-0.2, -0.15) is 0 Å². The number of H-pyrrole nitrogens is 1. The van der Waals surface area contributed by atoms with Gasteiger partial charge < -0.3 is 19.9 Å². The molecule has 0 fully saturated rings. The molecule has 3 rings (SSSR count). The Kier molecular flexibility index (Phi) is 2.13. The molecule has 6 nitrogen and oxygen atoms in total. The number of nitrogens with zero attached hydrogens (tertiary/aromatic N) is 1. The average molecular weight is 234 g/mol. The van der Waals surface area contributed by atoms with E-state index in [0.717, 1.165) is 0 Å². The van der Waals surface area contributed by atoms with Gasteiger partial charge in [0.05, 0.1) is 11.1 Å². The van der Waals surface area contributed by atoms with Crippen LogP contribution in [0.3, 0.4) is 0 Å². The molecule has 0 spiro atoms. The molecule has 1 aliphatic rings. The lowest BCUT2D eigenvalue weighted by atomic mass is 10.0. The number of aliphatic hydroxyl groups is 2. The standard InChI is InChI=1S/C11H10N2O4/c14-7-4-17-10-5-1-2-12-3-6(5)11(16)13-8(10)9(7)15/h1-3,7,9,14-15H,4H2,(H,13,16). The van der Waals surface area contributed by atoms with Crippen molar-refractivity contribution >= 4 is 10.8 Å². The van der Waals surface area contributed by atoms with E-state index < -0.39 is 12.2 Å². The zero-order chi connectivity index (χ0) is 12.0. The number of pyridine rings is 2. The second kappa shape index (κ2) is 3.54. The van der Waals surface area contributed by atoms with Crippen LogP contribution in [0, 0.1) is 0 Å². The molecule has 2 aromatic rings. The first kappa shape index (κ1) is 10.2. The summed E-state index contributed by atoms with van der Waals surface area (Å²) in [5.74, 6) is 0.403. The number of ether oxygens (including phenoxy) is 1. The molecule has 3 heterocycles. The van der Waals surface area contributed by atoms with E-state index in [1.54, 1.807) is 12.3 Å². The van der Waals surface area contributed by atoms with Crippen LogP contribution in [0.2, 0.25) is 0 Å². The summed E-state index contributed by atoms with van der Waals surface area (Å²) in [4.78, 5) is 18.1. The maximum Gasteiger partial charge on any atom is 0.257 e. The van der Waals surface area contributed by atoms with Gasteiger partial charge in [0.25, 0.3) is 5.56 Å². The number of aliphatic hydroxyl groups excluding tert-OH is 2. The Labute approximate surface area is 95.5 Å². The summed E-state index contributed by atoms with van der Waals surface area (Å²) in [7, 11) is 0. The second-order valence-corrected chi connectivity index (χ2v) is 3.94. The lowest BCUT2D eigenvalue weighted by molar-refractivity contribution is -0.0278. The second-order valence-electron chi connectivity index (χ2n) is 3.94. The minimum absolute atomic E-state index is 0.00235. The number of aromatic amines is 1. The summed E-state index contributed by atoms with van der Waals surface area (Å²) >= 11 is 0. The molecular formula is C11H10N2O4. The Morgan fingerprint density at radius 2 is 2.24 bits per heavy atom. The Hall–Kier alpha value is -1.92. The predicted octanol–water partition coefficient (Wildman–Crippen LogP) is -0.290. The third-order valence-electron chi connectivity index (χ3n) is 2.86. The van der Waals surface area contributed by atoms with E-state index in [4.69, 9.17) is 4.74 Å². The number of hydrogen-bond donors (Lipinski definition) is 3. The van der Waals surface area contributed by atoms with E-state index in [9.17, 15) is 15.0 Å². The van der Waals surface area contributed by atoms with Gasteiger partial charge in [0.1, 0.15) is 24.6 Å². The normalized spacial score (nSPS) is 23.2. The fourth-order valence-corrected chi connectivity index (χ4v) is 1.98. The van der Waals surface area contributed by atoms with Gasteiger partial charge in [-0.15, -0.1) is 0 Å². The van der Waals surface area contributed by atoms with Crippen LogP contribution in [-0.2, 0) is 0 Å². The molecule has 2 aromatic heterocycles. The minimum Gasteiger partial charge on any atom is -0.488 e. The van der Waals surface area contributed by atoms with Gasteiger partial charge in [0.2, 0.25) is 0 Å². The number of nitrogens with one attached hydrogen (secondary N) is 1. The molecule has 2 unspecified atom stereocenters. The monoisotopic (exact) mass is 234 g/mol. The average Bonchev–Trinajstić information content (AvgIpc) is 2.35. The number of hydrogen-bond acceptors (Lipinski definition) is 5. The van der Waals surface area contributed by atoms with Gasteiger partial charge in [-0.3, -0.25) is 9.78 Å². The van der Waals surface area contributed by atoms with Crippen LogP contribution >= 0.6 is 0 Å². The van der Waals surface area contributed by atoms with E-state index in [-0.39, 0.29) is 17.9 Å². The van der Waals surface area contributed by atoms with E-state index in [1.807, 2.05) is 0 Å². The van der Waals surface area contributed by atoms with Gasteiger partial charge in [-0.1, -0.05) is 0 Å². The Bertz CT molecular complexity index is 637. The molecule has 17 heavy (non-hydrogen) atoms. The highest BCUT2D eigenvalue weighted by molar-refractivity contribution is 5.87. The molecule has 0 aliphatic carbocycles. The Morgan fingerprint density at radius 3 is 3.06 bits per heavy atom. The molecule has 0 radical (unpaired) electrons. The predicted molar refractivity (Wildman–Crippen MR) is 58.8 cm³/mol. The van der Waals surface area contributed by atoms with Crippen molar-refractivity contribution in [3.63, 3.8) is 0 Å². The van der Waals surface area contributed by atoms with E-state index in [2.05, 4.69) is 9.97 Å². The van der Waals surface area contributed by atoms with Crippen molar-refractivity contribution in [1.82, 2.24) is 9.97 Å². The summed E-state index contributed by atoms with van der Waals surface area (Å²) in [5, 5.41) is 20.3. The minimum atomic E-state index is -1.14. The molecule has 2 atom stereocenters. The highest BCUT2D eigenvalue weighted by Gasteiger charge is 2.30. The molecule has 3 N–H and O–H groups in total. The molecule has 1 aliphatic heterocycles. The van der Waals surface area contributed by atoms with Crippen LogP contribution in [0.4, 0.5) is 0 Å². The largest absolute Gasteiger partial charge is 0.488 e. The zero-order valence-corrected chi connectivity index (χ0v) is 8.75. The first-order chi connectivity index (χ1) is 8.18. The highest BCUT2D eigenvalue weighted by atomic mass is 16.5. The van der Waals surface area contributed by atoms with Crippen LogP contribution in [-0.4, -0.2) is 32.9 Å². The maximum absolute atomic E-state index is 11.8. The number of fused-ring (bicyclic) bond motifs is 3. The summed E-state index contributed by atoms with van der Waals surface area (Å²) in [5.41, 5.74) is -0.143. The zero-order valence-electron chi connectivity index (χ0n) is 8.75. The molecule has 0 amide bonds. The van der Waals surface area contributed by atoms with Gasteiger partial charge >= 0.3 is 0 Å². The molecule has 6 heteroatoms. The number of rotatable bonds is 0. The van der Waals surface area contributed by atoms with Crippen molar-refractivity contribution in [2.45, 2.75) is 12.2 Å². The lowest BCUT2D eigenvalue weighted by Crippen LogP contribution is -2.33. The molecule has 88 valence electrons. The van der Waals surface area contributed by atoms with Gasteiger partial charge in [0.15, 0.2) is 0 Å². The maximum atomic E-state index is 11.8. The summed E-state index contributed by atoms with van der Waals surface area (Å²) in [6.45, 7) is -0.00235. The fourth-order valence-electron chi connectivity index (χ4n) is 1.98. The quantitative estimate of drug-likeness (QED) is 0.582. The molecule has 0 saturated heterocycles. The third kappa shape index (κ3) is 1.42. The van der Waals surface area contributed by atoms with Gasteiger partial charge in [-0.05, 0) is 6.07 Å². The van der Waals surface area contributed by atoms with E-state index in [0.29, 0.717) is 16.5 Å². The Morgan fingerprint density at radius 1 is 1.41 bits per heavy atom. The van der Waals surface area contributed by atoms with Crippen molar-refractivity contribution in [3.8, 4) is 5.75 Å². The van der Waals surface area contributed by atoms with E-state index >= 15 is 0 Å². The number of aromatic nitrogens is 2. The molecular weight excluding hydrogens is 224 g/mol. The first-order valence-electron chi connectivity index (χ1n) is 5.17. The smallest absolute Gasteiger partial charge is 0.257 e. The molecule has 0 bridgehead atoms. The van der Waals surface area contributed by atoms with Crippen molar-refractivity contribution in [2.75, 3.05) is 6.61 Å². The lowest BCUT2D eigenvalue weighted by Gasteiger charge is -2.27. The summed E-state index contributed by atoms with van der Waals surface area (Å²) < 4.78 is 5.37. The van der Waals surface area contributed by atoms with Gasteiger partial charge in [-0.25, -0.2) is 0 Å². The Balaban J connectivity index is 2.38. The molecule has 0 saturated carbocycles. The SMILES string of the molecule is O=c1[nH]c2c(c3ccncc13)OCC(O)C2O. The third-order valence-corrected chi connectivity index (χ3v) is 2.86. The highest BCUT2D eigenvalue weighted by Crippen LogP contribution is 2.34. The van der Waals surface area contributed by atoms with Gasteiger partial charge in [0, 0.05) is 17.8 Å². The fraction of sp³-hybridized carbons (Fsp3) is 0.273. The van der Waals surface area contributed by atoms with Crippen molar-refractivity contribution < 1.29 is 14.9 Å². The van der Waals surface area contributed by atoms with Crippen molar-refractivity contribution in [1.29, 1.82) is 0 Å². The van der Waals surface area contributed by atoms with Crippen LogP contribution < -0.4 is 10.3 Å². The molecule has 0 aromatic carbocycles. The summed E-state index contributed by atoms with van der Waals surface area (Å²) in [6, 6.07) is 1.65. The van der Waals surface area contributed by atoms with Crippen molar-refractivity contribution in [2.24, 2.45) is 0 Å².